The molecule has 0 aromatic heterocycles. The lowest BCUT2D eigenvalue weighted by Crippen LogP contribution is -2.33. The summed E-state index contributed by atoms with van der Waals surface area (Å²) >= 11 is 0. The average molecular weight is 278 g/mol. The van der Waals surface area contributed by atoms with Crippen LogP contribution in [0.3, 0.4) is 0 Å². The predicted molar refractivity (Wildman–Crippen MR) is 86.2 cm³/mol. The van der Waals surface area contributed by atoms with Crippen molar-refractivity contribution in [1.82, 2.24) is 4.90 Å². The second kappa shape index (κ2) is 9.78. The van der Waals surface area contributed by atoms with Crippen LogP contribution in [-0.2, 0) is 0 Å². The first kappa shape index (κ1) is 17.0. The van der Waals surface area contributed by atoms with Crippen LogP contribution in [0.2, 0.25) is 0 Å². The second-order valence-electron chi connectivity index (χ2n) is 5.39. The number of hydrogen-bond acceptors (Lipinski definition) is 3. The normalized spacial score (nSPS) is 12.7. The van der Waals surface area contributed by atoms with Crippen molar-refractivity contribution in [1.29, 1.82) is 0 Å². The fraction of sp³-hybridized carbons (Fsp3) is 0.647. The summed E-state index contributed by atoms with van der Waals surface area (Å²) < 4.78 is 5.27. The molecule has 0 aliphatic heterocycles. The molecule has 20 heavy (non-hydrogen) atoms. The molecule has 0 aliphatic rings. The van der Waals surface area contributed by atoms with Gasteiger partial charge in [0.1, 0.15) is 5.75 Å². The van der Waals surface area contributed by atoms with E-state index in [4.69, 9.17) is 10.5 Å². The molecule has 114 valence electrons. The number of rotatable bonds is 10. The Morgan fingerprint density at radius 2 is 1.80 bits per heavy atom. The molecule has 1 aromatic carbocycles. The zero-order valence-electron chi connectivity index (χ0n) is 13.3. The Balaban J connectivity index is 2.60. The molecule has 1 aromatic rings. The van der Waals surface area contributed by atoms with Gasteiger partial charge in [0.2, 0.25) is 0 Å². The summed E-state index contributed by atoms with van der Waals surface area (Å²) in [7, 11) is 1.69. The van der Waals surface area contributed by atoms with Crippen LogP contribution in [0.1, 0.15) is 51.1 Å². The van der Waals surface area contributed by atoms with Gasteiger partial charge in [-0.1, -0.05) is 38.8 Å². The standard InChI is InChI=1S/C17H30N2O/c1-4-6-11-19(12-7-5-2)14-17(18)15-9-8-10-16(13-15)20-3/h8-10,13,17H,4-7,11-12,14,18H2,1-3H3. The van der Waals surface area contributed by atoms with Crippen molar-refractivity contribution >= 4 is 0 Å². The molecule has 0 fully saturated rings. The third-order valence-corrected chi connectivity index (χ3v) is 3.63. The van der Waals surface area contributed by atoms with E-state index >= 15 is 0 Å². The first-order valence-electron chi connectivity index (χ1n) is 7.83. The summed E-state index contributed by atoms with van der Waals surface area (Å²) in [4.78, 5) is 2.50. The number of ether oxygens (including phenoxy) is 1. The monoisotopic (exact) mass is 278 g/mol. The van der Waals surface area contributed by atoms with Crippen LogP contribution in [0.15, 0.2) is 24.3 Å². The molecular weight excluding hydrogens is 248 g/mol. The van der Waals surface area contributed by atoms with Crippen molar-refractivity contribution in [2.24, 2.45) is 5.73 Å². The summed E-state index contributed by atoms with van der Waals surface area (Å²) in [5.74, 6) is 0.881. The molecule has 0 amide bonds. The molecule has 0 spiro atoms. The minimum absolute atomic E-state index is 0.0545. The highest BCUT2D eigenvalue weighted by Crippen LogP contribution is 2.18. The van der Waals surface area contributed by atoms with Gasteiger partial charge in [0.05, 0.1) is 7.11 Å². The van der Waals surface area contributed by atoms with E-state index in [1.165, 1.54) is 25.7 Å². The third-order valence-electron chi connectivity index (χ3n) is 3.63. The number of unbranched alkanes of at least 4 members (excludes halogenated alkanes) is 2. The SMILES string of the molecule is CCCCN(CCCC)CC(N)c1cccc(OC)c1. The highest BCUT2D eigenvalue weighted by molar-refractivity contribution is 5.30. The Bertz CT molecular complexity index is 360. The van der Waals surface area contributed by atoms with E-state index in [9.17, 15) is 0 Å². The summed E-state index contributed by atoms with van der Waals surface area (Å²) in [6.45, 7) is 7.69. The van der Waals surface area contributed by atoms with E-state index in [-0.39, 0.29) is 6.04 Å². The molecule has 0 aliphatic carbocycles. The second-order valence-corrected chi connectivity index (χ2v) is 5.39. The summed E-state index contributed by atoms with van der Waals surface area (Å²) in [6.07, 6.45) is 4.96. The van der Waals surface area contributed by atoms with Crippen LogP contribution in [0, 0.1) is 0 Å². The van der Waals surface area contributed by atoms with E-state index in [2.05, 4.69) is 24.8 Å². The number of nitrogens with zero attached hydrogens (tertiary/aromatic N) is 1. The molecule has 2 N–H and O–H groups in total. The average Bonchev–Trinajstić information content (AvgIpc) is 2.49. The summed E-state index contributed by atoms with van der Waals surface area (Å²) in [6, 6.07) is 8.16. The lowest BCUT2D eigenvalue weighted by atomic mass is 10.1. The van der Waals surface area contributed by atoms with Gasteiger partial charge in [-0.2, -0.15) is 0 Å². The molecule has 3 heteroatoms. The zero-order valence-corrected chi connectivity index (χ0v) is 13.3. The van der Waals surface area contributed by atoms with Gasteiger partial charge in [0, 0.05) is 12.6 Å². The maximum absolute atomic E-state index is 6.37. The Labute approximate surface area is 124 Å². The molecular formula is C17H30N2O. The van der Waals surface area contributed by atoms with Crippen LogP contribution in [-0.4, -0.2) is 31.6 Å². The lowest BCUT2D eigenvalue weighted by molar-refractivity contribution is 0.250. The van der Waals surface area contributed by atoms with E-state index < -0.39 is 0 Å². The van der Waals surface area contributed by atoms with Crippen LogP contribution in [0.5, 0.6) is 5.75 Å². The topological polar surface area (TPSA) is 38.5 Å². The van der Waals surface area contributed by atoms with Gasteiger partial charge in [0.15, 0.2) is 0 Å². The maximum atomic E-state index is 6.37. The van der Waals surface area contributed by atoms with Crippen molar-refractivity contribution in [3.8, 4) is 5.75 Å². The Morgan fingerprint density at radius 3 is 2.35 bits per heavy atom. The van der Waals surface area contributed by atoms with Gasteiger partial charge >= 0.3 is 0 Å². The van der Waals surface area contributed by atoms with Crippen molar-refractivity contribution in [3.63, 3.8) is 0 Å². The van der Waals surface area contributed by atoms with Crippen molar-refractivity contribution in [2.45, 2.75) is 45.6 Å². The van der Waals surface area contributed by atoms with E-state index in [0.29, 0.717) is 0 Å². The van der Waals surface area contributed by atoms with E-state index in [0.717, 1.165) is 30.9 Å². The molecule has 3 nitrogen and oxygen atoms in total. The van der Waals surface area contributed by atoms with Crippen LogP contribution in [0.4, 0.5) is 0 Å². The van der Waals surface area contributed by atoms with Gasteiger partial charge < -0.3 is 15.4 Å². The van der Waals surface area contributed by atoms with Gasteiger partial charge in [-0.3, -0.25) is 0 Å². The first-order chi connectivity index (χ1) is 9.71. The Morgan fingerprint density at radius 1 is 1.15 bits per heavy atom. The van der Waals surface area contributed by atoms with Gasteiger partial charge in [-0.05, 0) is 43.6 Å². The fourth-order valence-electron chi connectivity index (χ4n) is 2.31. The van der Waals surface area contributed by atoms with Crippen LogP contribution < -0.4 is 10.5 Å². The summed E-state index contributed by atoms with van der Waals surface area (Å²) in [5.41, 5.74) is 7.52. The zero-order chi connectivity index (χ0) is 14.8. The van der Waals surface area contributed by atoms with Crippen molar-refractivity contribution in [3.05, 3.63) is 29.8 Å². The number of hydrogen-bond donors (Lipinski definition) is 1. The first-order valence-corrected chi connectivity index (χ1v) is 7.83. The van der Waals surface area contributed by atoms with Crippen LogP contribution in [0.25, 0.3) is 0 Å². The molecule has 1 atom stereocenters. The quantitative estimate of drug-likeness (QED) is 0.710. The van der Waals surface area contributed by atoms with Gasteiger partial charge in [0.25, 0.3) is 0 Å². The molecule has 1 unspecified atom stereocenters. The minimum atomic E-state index is 0.0545. The highest BCUT2D eigenvalue weighted by atomic mass is 16.5. The van der Waals surface area contributed by atoms with Gasteiger partial charge in [-0.25, -0.2) is 0 Å². The van der Waals surface area contributed by atoms with Gasteiger partial charge in [-0.15, -0.1) is 0 Å². The summed E-state index contributed by atoms with van der Waals surface area (Å²) in [5, 5.41) is 0. The minimum Gasteiger partial charge on any atom is -0.497 e. The van der Waals surface area contributed by atoms with Crippen LogP contribution >= 0.6 is 0 Å². The fourth-order valence-corrected chi connectivity index (χ4v) is 2.31. The number of benzene rings is 1. The number of nitrogens with two attached hydrogens (primary N) is 1. The van der Waals surface area contributed by atoms with E-state index in [1.54, 1.807) is 7.11 Å². The molecule has 1 rings (SSSR count). The van der Waals surface area contributed by atoms with Crippen molar-refractivity contribution in [2.75, 3.05) is 26.7 Å². The lowest BCUT2D eigenvalue weighted by Gasteiger charge is -2.25. The molecule has 0 bridgehead atoms. The Kier molecular flexibility index (Phi) is 8.31. The predicted octanol–water partition coefficient (Wildman–Crippen LogP) is 3.60. The smallest absolute Gasteiger partial charge is 0.119 e. The molecule has 0 radical (unpaired) electrons. The Hall–Kier alpha value is -1.06. The third kappa shape index (κ3) is 5.93. The number of methoxy groups -OCH3 is 1. The molecule has 0 saturated heterocycles. The molecule has 0 heterocycles. The van der Waals surface area contributed by atoms with E-state index in [1.807, 2.05) is 18.2 Å². The molecule has 0 saturated carbocycles. The van der Waals surface area contributed by atoms with Crippen molar-refractivity contribution < 1.29 is 4.74 Å². The maximum Gasteiger partial charge on any atom is 0.119 e. The highest BCUT2D eigenvalue weighted by Gasteiger charge is 2.12. The largest absolute Gasteiger partial charge is 0.497 e.